The second kappa shape index (κ2) is 33.5. The molecule has 0 saturated heterocycles. The quantitative estimate of drug-likeness (QED) is 0.103. The minimum atomic E-state index is 0.654. The monoisotopic (exact) mass is 1850 g/mol. The van der Waals surface area contributed by atoms with Crippen LogP contribution in [0, 0.1) is 0 Å². The zero-order chi connectivity index (χ0) is 95.3. The van der Waals surface area contributed by atoms with E-state index in [0.29, 0.717) is 17.5 Å². The number of para-hydroxylation sites is 6. The van der Waals surface area contributed by atoms with Crippen LogP contribution in [0.5, 0.6) is 0 Å². The number of hydrogen-bond acceptors (Lipinski definition) is 10. The maximum Gasteiger partial charge on any atom is 0.164 e. The lowest BCUT2D eigenvalue weighted by atomic mass is 9.88. The molecular formula is C131H80N14. The van der Waals surface area contributed by atoms with Gasteiger partial charge in [0.2, 0.25) is 0 Å². The van der Waals surface area contributed by atoms with Crippen molar-refractivity contribution >= 4 is 191 Å². The van der Waals surface area contributed by atoms with Crippen LogP contribution in [0.1, 0.15) is 0 Å². The van der Waals surface area contributed by atoms with Gasteiger partial charge in [0.1, 0.15) is 17.5 Å². The summed E-state index contributed by atoms with van der Waals surface area (Å²) in [7, 11) is 0. The van der Waals surface area contributed by atoms with Crippen LogP contribution in [-0.4, -0.2) is 63.1 Å². The van der Waals surface area contributed by atoms with Gasteiger partial charge in [-0.1, -0.05) is 297 Å². The number of imidazole rings is 1. The van der Waals surface area contributed by atoms with Crippen LogP contribution in [-0.2, 0) is 0 Å². The Bertz CT molecular complexity index is 10400. The summed E-state index contributed by atoms with van der Waals surface area (Å²) in [5, 5.41) is 25.7. The molecule has 674 valence electrons. The van der Waals surface area contributed by atoms with Crippen LogP contribution in [0.4, 0.5) is 17.3 Å². The summed E-state index contributed by atoms with van der Waals surface area (Å²) in [5.74, 6) is 4.54. The van der Waals surface area contributed by atoms with Gasteiger partial charge in [-0.3, -0.25) is 24.4 Å². The fourth-order valence-electron chi connectivity index (χ4n) is 22.8. The van der Waals surface area contributed by atoms with Crippen molar-refractivity contribution in [2.45, 2.75) is 0 Å². The molecule has 0 saturated carbocycles. The molecule has 145 heavy (non-hydrogen) atoms. The summed E-state index contributed by atoms with van der Waals surface area (Å²) in [5.41, 5.74) is 26.2. The lowest BCUT2D eigenvalue weighted by Gasteiger charge is -2.23. The van der Waals surface area contributed by atoms with Crippen LogP contribution in [0.25, 0.3) is 264 Å². The van der Waals surface area contributed by atoms with Crippen molar-refractivity contribution < 1.29 is 0 Å². The van der Waals surface area contributed by atoms with Gasteiger partial charge in [-0.05, 0) is 277 Å². The van der Waals surface area contributed by atoms with E-state index in [0.717, 1.165) is 134 Å². The zero-order valence-electron chi connectivity index (χ0n) is 77.9. The van der Waals surface area contributed by atoms with Crippen molar-refractivity contribution in [3.63, 3.8) is 0 Å². The molecule has 0 fully saturated rings. The molecule has 0 N–H and O–H groups in total. The molecule has 0 aliphatic carbocycles. The van der Waals surface area contributed by atoms with E-state index in [9.17, 15) is 0 Å². The van der Waals surface area contributed by atoms with Crippen molar-refractivity contribution in [1.82, 2.24) is 63.1 Å². The van der Waals surface area contributed by atoms with Crippen LogP contribution in [0.3, 0.4) is 0 Å². The third-order valence-electron chi connectivity index (χ3n) is 29.0. The second-order valence-corrected chi connectivity index (χ2v) is 37.0. The first kappa shape index (κ1) is 82.3. The minimum Gasteiger partial charge on any atom is -0.308 e. The Hall–Kier alpha value is -19.8. The van der Waals surface area contributed by atoms with E-state index in [1.54, 1.807) is 0 Å². The Morgan fingerprint density at radius 1 is 0.179 bits per heavy atom. The smallest absolute Gasteiger partial charge is 0.164 e. The van der Waals surface area contributed by atoms with Gasteiger partial charge >= 0.3 is 0 Å². The first-order chi connectivity index (χ1) is 72.0. The molecule has 31 aromatic rings. The largest absolute Gasteiger partial charge is 0.308 e. The van der Waals surface area contributed by atoms with E-state index in [4.69, 9.17) is 34.9 Å². The Morgan fingerprint density at radius 3 is 0.897 bits per heavy atom. The first-order valence-electron chi connectivity index (χ1n) is 48.9. The summed E-state index contributed by atoms with van der Waals surface area (Å²) in [6, 6.07) is 161. The molecule has 14 heteroatoms. The van der Waals surface area contributed by atoms with Gasteiger partial charge in [0.25, 0.3) is 0 Å². The van der Waals surface area contributed by atoms with Gasteiger partial charge in [-0.15, -0.1) is 0 Å². The maximum absolute atomic E-state index is 5.09. The number of anilines is 3. The normalized spacial score (nSPS) is 11.9. The topological polar surface area (TPSA) is 139 Å². The van der Waals surface area contributed by atoms with Crippen LogP contribution < -0.4 is 4.90 Å². The molecule has 0 unspecified atom stereocenters. The molecule has 0 spiro atoms. The van der Waals surface area contributed by atoms with E-state index >= 15 is 0 Å². The zero-order valence-corrected chi connectivity index (χ0v) is 77.9. The molecule has 0 bridgehead atoms. The lowest BCUT2D eigenvalue weighted by molar-refractivity contribution is 1.08. The molecule has 0 atom stereocenters. The summed E-state index contributed by atoms with van der Waals surface area (Å²) in [6.45, 7) is 0. The summed E-state index contributed by atoms with van der Waals surface area (Å²) in [6.07, 6.45) is 9.33. The second-order valence-electron chi connectivity index (χ2n) is 37.0. The van der Waals surface area contributed by atoms with Gasteiger partial charge in [-0.25, -0.2) is 29.9 Å². The highest BCUT2D eigenvalue weighted by Crippen LogP contribution is 2.51. The maximum atomic E-state index is 5.09. The fraction of sp³-hybridized carbons (Fsp3) is 0. The SMILES string of the molecule is c1ccc(-c2nc(-c3ccccc3)nc(-c3ccc4ccc5c6c(ccc3c46)cc3c5c4ncccc4n3-c3ccccc3)n2)cc1.c1ccc(-n2c(-c3ccc(-c4ccc5ccc6c7c(ccc4c57)cc4c6c5ncccc5n4-c4ccccc4)cc3)nc3ccccc32)cc1.c1ccc(-n2c3cccnc3c3c4ccc5ccc(-c6ccc(N(c7ccccn7)c7ccccn7)cc6)c6ccc(cc32)c4c56)cc1. The average Bonchev–Trinajstić information content (AvgIpc) is 1.67. The third kappa shape index (κ3) is 13.3. The number of fused-ring (bicyclic) bond motifs is 13. The van der Waals surface area contributed by atoms with Crippen molar-refractivity contribution in [2.24, 2.45) is 0 Å². The standard InChI is InChI=1S/C46H28N4.C43H27N5.C42H25N5/c1-3-10-33(11-4-1)49-40-16-9-27-47-45(40)44-37-26-22-30-21-24-35(36-25-23-32(28-41(44)49)43(37)42(30)36)29-17-19-31(20-18-29)46-48-38-14-7-8-15-39(38)50(46)34-12-5-2-6-13-34;1-2-9-31(10-3-1)47-36-11-8-26-46-43(36)42-35-23-17-29-16-21-33(34-22-18-30(27-37(42)47)41(35)40(29)34)28-14-19-32(20-15-28)48(38-12-4-6-24-44-38)39-13-5-7-25-45-39;1-4-11-27(12-5-1)40-44-41(28-13-6-2-7-14-28)46-42(45-40)32-22-18-26-19-23-33-37-29(20-21-31(32)36(26)37)25-35-38(33)39-34(17-10-24-43-39)47(35)30-15-8-3-9-16-30/h1-28H;1-27H;1-25H. The average molecular weight is 1850 g/mol. The molecule has 31 rings (SSSR count). The fourth-order valence-corrected chi connectivity index (χ4v) is 22.8. The molecule has 0 amide bonds. The van der Waals surface area contributed by atoms with Crippen LogP contribution >= 0.6 is 0 Å². The lowest BCUT2D eigenvalue weighted by Crippen LogP contribution is -2.12. The van der Waals surface area contributed by atoms with Crippen LogP contribution in [0.15, 0.2) is 486 Å². The number of nitrogens with zero attached hydrogens (tertiary/aromatic N) is 14. The highest BCUT2D eigenvalue weighted by atomic mass is 15.2. The predicted molar refractivity (Wildman–Crippen MR) is 598 cm³/mol. The van der Waals surface area contributed by atoms with E-state index in [1.807, 2.05) is 152 Å². The van der Waals surface area contributed by atoms with E-state index < -0.39 is 0 Å². The van der Waals surface area contributed by atoms with E-state index in [2.05, 4.69) is 367 Å². The highest BCUT2D eigenvalue weighted by molar-refractivity contribution is 6.37. The first-order valence-corrected chi connectivity index (χ1v) is 48.9. The molecule has 10 heterocycles. The van der Waals surface area contributed by atoms with Crippen molar-refractivity contribution in [1.29, 1.82) is 0 Å². The molecule has 10 aromatic heterocycles. The Balaban J connectivity index is 0.000000103. The van der Waals surface area contributed by atoms with Gasteiger partial charge in [-0.2, -0.15) is 0 Å². The number of pyridine rings is 5. The number of benzene rings is 21. The van der Waals surface area contributed by atoms with Gasteiger partial charge < -0.3 is 13.7 Å². The van der Waals surface area contributed by atoms with E-state index in [1.165, 1.54) is 130 Å². The number of aromatic nitrogens is 13. The highest BCUT2D eigenvalue weighted by Gasteiger charge is 2.28. The Morgan fingerprint density at radius 2 is 0.490 bits per heavy atom. The number of rotatable bonds is 13. The third-order valence-corrected chi connectivity index (χ3v) is 29.0. The van der Waals surface area contributed by atoms with Gasteiger partial charge in [0.15, 0.2) is 17.5 Å². The molecule has 0 aliphatic rings. The summed E-state index contributed by atoms with van der Waals surface area (Å²) < 4.78 is 9.28. The molecular weight excluding hydrogens is 1770 g/mol. The van der Waals surface area contributed by atoms with Crippen molar-refractivity contribution in [3.05, 3.63) is 486 Å². The van der Waals surface area contributed by atoms with Gasteiger partial charge in [0.05, 0.1) is 60.7 Å². The number of hydrogen-bond donors (Lipinski definition) is 0. The van der Waals surface area contributed by atoms with Gasteiger partial charge in [0, 0.05) is 97.8 Å². The van der Waals surface area contributed by atoms with Crippen molar-refractivity contribution in [3.8, 4) is 90.6 Å². The summed E-state index contributed by atoms with van der Waals surface area (Å²) in [4.78, 5) is 46.3. The Kier molecular flexibility index (Phi) is 19.0. The molecule has 14 nitrogen and oxygen atoms in total. The molecule has 0 aliphatic heterocycles. The van der Waals surface area contributed by atoms with E-state index in [-0.39, 0.29) is 0 Å². The Labute approximate surface area is 829 Å². The van der Waals surface area contributed by atoms with Crippen LogP contribution in [0.2, 0.25) is 0 Å². The molecule has 0 radical (unpaired) electrons. The molecule has 21 aromatic carbocycles. The minimum absolute atomic E-state index is 0.654. The van der Waals surface area contributed by atoms with Crippen molar-refractivity contribution in [2.75, 3.05) is 4.90 Å². The predicted octanol–water partition coefficient (Wildman–Crippen LogP) is 33.0. The summed E-state index contributed by atoms with van der Waals surface area (Å²) >= 11 is 0.